The van der Waals surface area contributed by atoms with Gasteiger partial charge in [0.05, 0.1) is 26.0 Å². The Hall–Kier alpha value is -1.59. The summed E-state index contributed by atoms with van der Waals surface area (Å²) in [6, 6.07) is 5.74. The van der Waals surface area contributed by atoms with Gasteiger partial charge in [-0.25, -0.2) is 4.98 Å². The van der Waals surface area contributed by atoms with Crippen LogP contribution in [0.25, 0.3) is 10.6 Å². The Bertz CT molecular complexity index is 566. The van der Waals surface area contributed by atoms with Gasteiger partial charge in [-0.2, -0.15) is 0 Å². The third-order valence-corrected chi connectivity index (χ3v) is 3.81. The van der Waals surface area contributed by atoms with Crippen molar-refractivity contribution < 1.29 is 14.6 Å². The lowest BCUT2D eigenvalue weighted by Crippen LogP contribution is -1.95. The molecular formula is C14H17NO3S. The molecule has 2 aromatic rings. The minimum absolute atomic E-state index is 0.0313. The van der Waals surface area contributed by atoms with Gasteiger partial charge in [-0.15, -0.1) is 11.3 Å². The smallest absolute Gasteiger partial charge is 0.161 e. The first-order valence-electron chi connectivity index (χ1n) is 6.08. The second-order valence-corrected chi connectivity index (χ2v) is 5.18. The van der Waals surface area contributed by atoms with E-state index < -0.39 is 0 Å². The van der Waals surface area contributed by atoms with Crippen LogP contribution in [0.15, 0.2) is 18.2 Å². The lowest BCUT2D eigenvalue weighted by Gasteiger charge is -2.09. The zero-order valence-corrected chi connectivity index (χ0v) is 12.1. The molecule has 1 N–H and O–H groups in total. The highest BCUT2D eigenvalue weighted by atomic mass is 32.1. The molecule has 19 heavy (non-hydrogen) atoms. The average molecular weight is 279 g/mol. The molecule has 0 fully saturated rings. The van der Waals surface area contributed by atoms with Crippen molar-refractivity contribution >= 4 is 11.3 Å². The maximum atomic E-state index is 9.19. The van der Waals surface area contributed by atoms with Crippen molar-refractivity contribution in [2.75, 3.05) is 13.7 Å². The van der Waals surface area contributed by atoms with Gasteiger partial charge in [0.25, 0.3) is 0 Å². The highest BCUT2D eigenvalue weighted by Crippen LogP contribution is 2.35. The van der Waals surface area contributed by atoms with Gasteiger partial charge in [-0.05, 0) is 32.0 Å². The summed E-state index contributed by atoms with van der Waals surface area (Å²) in [5, 5.41) is 10.1. The molecule has 2 rings (SSSR count). The summed E-state index contributed by atoms with van der Waals surface area (Å²) in [6.07, 6.45) is 0. The van der Waals surface area contributed by atoms with E-state index in [2.05, 4.69) is 4.98 Å². The normalized spacial score (nSPS) is 10.5. The van der Waals surface area contributed by atoms with Crippen LogP contribution in [0.2, 0.25) is 0 Å². The molecule has 0 amide bonds. The summed E-state index contributed by atoms with van der Waals surface area (Å²) in [5.41, 5.74) is 1.70. The molecule has 0 spiro atoms. The molecule has 1 aromatic carbocycles. The first-order chi connectivity index (χ1) is 9.19. The van der Waals surface area contributed by atoms with Gasteiger partial charge in [0.15, 0.2) is 11.5 Å². The first kappa shape index (κ1) is 13.8. The van der Waals surface area contributed by atoms with E-state index in [1.54, 1.807) is 18.4 Å². The number of aliphatic hydroxyl groups is 1. The van der Waals surface area contributed by atoms with Gasteiger partial charge in [-0.1, -0.05) is 0 Å². The van der Waals surface area contributed by atoms with Crippen LogP contribution in [0.3, 0.4) is 0 Å². The molecule has 0 aliphatic carbocycles. The lowest BCUT2D eigenvalue weighted by atomic mass is 10.2. The number of rotatable bonds is 5. The highest BCUT2D eigenvalue weighted by Gasteiger charge is 2.11. The number of nitrogens with zero attached hydrogens (tertiary/aromatic N) is 1. The van der Waals surface area contributed by atoms with Crippen LogP contribution in [0.5, 0.6) is 11.5 Å². The number of ether oxygens (including phenoxy) is 2. The van der Waals surface area contributed by atoms with Crippen LogP contribution in [0.1, 0.15) is 17.5 Å². The number of benzene rings is 1. The van der Waals surface area contributed by atoms with Crippen molar-refractivity contribution in [3.63, 3.8) is 0 Å². The van der Waals surface area contributed by atoms with Crippen LogP contribution in [0.4, 0.5) is 0 Å². The molecule has 0 aliphatic heterocycles. The molecule has 0 radical (unpaired) electrons. The minimum Gasteiger partial charge on any atom is -0.493 e. The maximum absolute atomic E-state index is 9.19. The number of methoxy groups -OCH3 is 1. The topological polar surface area (TPSA) is 51.6 Å². The molecule has 0 atom stereocenters. The van der Waals surface area contributed by atoms with Crippen LogP contribution in [-0.4, -0.2) is 23.8 Å². The molecule has 4 nitrogen and oxygen atoms in total. The standard InChI is InChI=1S/C14H17NO3S/c1-4-18-12-6-5-10(7-13(12)17-3)14-15-11(8-16)9(2)19-14/h5-7,16H,4,8H2,1-3H3. The van der Waals surface area contributed by atoms with Crippen LogP contribution in [0, 0.1) is 6.92 Å². The largest absolute Gasteiger partial charge is 0.493 e. The summed E-state index contributed by atoms with van der Waals surface area (Å²) in [6.45, 7) is 4.46. The van der Waals surface area contributed by atoms with Crippen molar-refractivity contribution in [3.8, 4) is 22.1 Å². The van der Waals surface area contributed by atoms with Crippen molar-refractivity contribution in [2.24, 2.45) is 0 Å². The number of aliphatic hydroxyl groups excluding tert-OH is 1. The zero-order valence-electron chi connectivity index (χ0n) is 11.3. The van der Waals surface area contributed by atoms with Gasteiger partial charge in [0.2, 0.25) is 0 Å². The molecule has 0 aliphatic rings. The summed E-state index contributed by atoms with van der Waals surface area (Å²) in [4.78, 5) is 5.45. The Morgan fingerprint density at radius 2 is 2.11 bits per heavy atom. The maximum Gasteiger partial charge on any atom is 0.161 e. The molecule has 1 heterocycles. The molecule has 1 aromatic heterocycles. The summed E-state index contributed by atoms with van der Waals surface area (Å²) < 4.78 is 10.8. The quantitative estimate of drug-likeness (QED) is 0.914. The van der Waals surface area contributed by atoms with Gasteiger partial charge in [0, 0.05) is 10.4 Å². The molecule has 5 heteroatoms. The lowest BCUT2D eigenvalue weighted by molar-refractivity contribution is 0.277. The van der Waals surface area contributed by atoms with Crippen LogP contribution >= 0.6 is 11.3 Å². The van der Waals surface area contributed by atoms with Crippen molar-refractivity contribution in [2.45, 2.75) is 20.5 Å². The average Bonchev–Trinajstić information content (AvgIpc) is 2.80. The molecule has 0 unspecified atom stereocenters. The van der Waals surface area contributed by atoms with Crippen LogP contribution < -0.4 is 9.47 Å². The third kappa shape index (κ3) is 2.88. The number of hydrogen-bond acceptors (Lipinski definition) is 5. The van der Waals surface area contributed by atoms with E-state index in [-0.39, 0.29) is 6.61 Å². The molecular weight excluding hydrogens is 262 g/mol. The SMILES string of the molecule is CCOc1ccc(-c2nc(CO)c(C)s2)cc1OC. The van der Waals surface area contributed by atoms with E-state index in [1.165, 1.54) is 0 Å². The summed E-state index contributed by atoms with van der Waals surface area (Å²) in [5.74, 6) is 1.42. The molecule has 0 saturated heterocycles. The number of hydrogen-bond donors (Lipinski definition) is 1. The summed E-state index contributed by atoms with van der Waals surface area (Å²) >= 11 is 1.56. The van der Waals surface area contributed by atoms with Crippen molar-refractivity contribution in [1.29, 1.82) is 0 Å². The highest BCUT2D eigenvalue weighted by molar-refractivity contribution is 7.15. The van der Waals surface area contributed by atoms with Gasteiger partial charge in [-0.3, -0.25) is 0 Å². The van der Waals surface area contributed by atoms with Crippen molar-refractivity contribution in [3.05, 3.63) is 28.8 Å². The Kier molecular flexibility index (Phi) is 4.39. The second kappa shape index (κ2) is 6.04. The van der Waals surface area contributed by atoms with Crippen LogP contribution in [-0.2, 0) is 6.61 Å². The Morgan fingerprint density at radius 1 is 1.32 bits per heavy atom. The predicted octanol–water partition coefficient (Wildman–Crippen LogP) is 3.02. The number of thiazole rings is 1. The fraction of sp³-hybridized carbons (Fsp3) is 0.357. The Balaban J connectivity index is 2.39. The first-order valence-corrected chi connectivity index (χ1v) is 6.89. The zero-order chi connectivity index (χ0) is 13.8. The summed E-state index contributed by atoms with van der Waals surface area (Å²) in [7, 11) is 1.62. The van der Waals surface area contributed by atoms with Crippen molar-refractivity contribution in [1.82, 2.24) is 4.98 Å². The van der Waals surface area contributed by atoms with E-state index in [0.29, 0.717) is 12.4 Å². The Labute approximate surface area is 116 Å². The van der Waals surface area contributed by atoms with E-state index in [9.17, 15) is 5.11 Å². The fourth-order valence-corrected chi connectivity index (χ4v) is 2.69. The molecule has 0 bridgehead atoms. The molecule has 102 valence electrons. The van der Waals surface area contributed by atoms with E-state index in [4.69, 9.17) is 9.47 Å². The van der Waals surface area contributed by atoms with Gasteiger partial charge >= 0.3 is 0 Å². The Morgan fingerprint density at radius 3 is 2.68 bits per heavy atom. The van der Waals surface area contributed by atoms with Gasteiger partial charge in [0.1, 0.15) is 5.01 Å². The van der Waals surface area contributed by atoms with E-state index in [1.807, 2.05) is 32.0 Å². The molecule has 0 saturated carbocycles. The van der Waals surface area contributed by atoms with E-state index >= 15 is 0 Å². The van der Waals surface area contributed by atoms with Gasteiger partial charge < -0.3 is 14.6 Å². The third-order valence-electron chi connectivity index (χ3n) is 2.75. The van der Waals surface area contributed by atoms with E-state index in [0.717, 1.165) is 26.9 Å². The minimum atomic E-state index is -0.0313. The predicted molar refractivity (Wildman–Crippen MR) is 75.9 cm³/mol. The number of aromatic nitrogens is 1. The monoisotopic (exact) mass is 279 g/mol. The fourth-order valence-electron chi connectivity index (χ4n) is 1.77. The number of aryl methyl sites for hydroxylation is 1. The second-order valence-electron chi connectivity index (χ2n) is 3.98.